The molecule has 1 aliphatic heterocycles. The fourth-order valence-electron chi connectivity index (χ4n) is 2.66. The molecule has 14 heteroatoms. The molecule has 1 aliphatic rings. The van der Waals surface area contributed by atoms with Gasteiger partial charge in [-0.3, -0.25) is 15.2 Å². The Morgan fingerprint density at radius 1 is 1.00 bits per heavy atom. The number of alkyl halides is 2. The van der Waals surface area contributed by atoms with Crippen LogP contribution >= 0.6 is 0 Å². The number of aromatic nitrogens is 3. The predicted molar refractivity (Wildman–Crippen MR) is 82.2 cm³/mol. The Morgan fingerprint density at radius 2 is 1.63 bits per heavy atom. The Balaban J connectivity index is 1.64. The number of nitrogens with zero attached hydrogens (tertiary/aromatic N) is 4. The van der Waals surface area contributed by atoms with Crippen LogP contribution in [0.5, 0.6) is 0 Å². The van der Waals surface area contributed by atoms with Gasteiger partial charge in [-0.2, -0.15) is 8.78 Å². The lowest BCUT2D eigenvalue weighted by molar-refractivity contribution is 0.0813. The molecule has 0 spiro atoms. The molecule has 4 rings (SSSR count). The number of amides is 1. The zero-order valence-electron chi connectivity index (χ0n) is 14.2. The van der Waals surface area contributed by atoms with Gasteiger partial charge in [-0.15, -0.1) is 10.2 Å². The van der Waals surface area contributed by atoms with E-state index in [0.29, 0.717) is 5.01 Å². The van der Waals surface area contributed by atoms with Gasteiger partial charge in [-0.1, -0.05) is 0 Å². The molecular formula is C16H6F7N5O2. The summed E-state index contributed by atoms with van der Waals surface area (Å²) >= 11 is 0. The van der Waals surface area contributed by atoms with Gasteiger partial charge in [0.05, 0.1) is 23.4 Å². The SMILES string of the molecule is O=C1c2cc(-c3nnc(C(F)F)o3)cnc2CN1Nc1c(F)c(F)c(F)c(F)c1F. The number of fused-ring (bicyclic) bond motifs is 1. The quantitative estimate of drug-likeness (QED) is 0.384. The highest BCUT2D eigenvalue weighted by Gasteiger charge is 2.33. The monoisotopic (exact) mass is 433 g/mol. The summed E-state index contributed by atoms with van der Waals surface area (Å²) in [6.45, 7) is -0.389. The maximum Gasteiger partial charge on any atom is 0.314 e. The van der Waals surface area contributed by atoms with Gasteiger partial charge in [-0.05, 0) is 6.07 Å². The van der Waals surface area contributed by atoms with E-state index in [1.54, 1.807) is 0 Å². The molecule has 2 aromatic heterocycles. The number of hydrazine groups is 1. The number of pyridine rings is 1. The van der Waals surface area contributed by atoms with E-state index in [4.69, 9.17) is 4.42 Å². The first kappa shape index (κ1) is 19.6. The molecular weight excluding hydrogens is 427 g/mol. The Labute approximate surface area is 161 Å². The topological polar surface area (TPSA) is 84.1 Å². The van der Waals surface area contributed by atoms with Crippen molar-refractivity contribution < 1.29 is 39.9 Å². The number of carbonyl (C=O) groups excluding carboxylic acids is 1. The summed E-state index contributed by atoms with van der Waals surface area (Å²) < 4.78 is 97.4. The fraction of sp³-hybridized carbons (Fsp3) is 0.125. The van der Waals surface area contributed by atoms with Crippen LogP contribution in [-0.2, 0) is 6.54 Å². The minimum atomic E-state index is -3.02. The van der Waals surface area contributed by atoms with Gasteiger partial charge < -0.3 is 4.42 Å². The summed E-state index contributed by atoms with van der Waals surface area (Å²) in [5.74, 6) is -13.3. The third-order valence-corrected chi connectivity index (χ3v) is 4.08. The smallest absolute Gasteiger partial charge is 0.314 e. The molecule has 0 unspecified atom stereocenters. The summed E-state index contributed by atoms with van der Waals surface area (Å²) in [5, 5.41) is 7.10. The van der Waals surface area contributed by atoms with Crippen LogP contribution in [0.1, 0.15) is 28.4 Å². The molecule has 0 radical (unpaired) electrons. The molecule has 0 bridgehead atoms. The number of rotatable bonds is 4. The number of hydrogen-bond donors (Lipinski definition) is 1. The normalized spacial score (nSPS) is 13.3. The first-order chi connectivity index (χ1) is 14.2. The summed E-state index contributed by atoms with van der Waals surface area (Å²) in [7, 11) is 0. The minimum Gasteiger partial charge on any atom is -0.415 e. The number of anilines is 1. The largest absolute Gasteiger partial charge is 0.415 e. The second-order valence-corrected chi connectivity index (χ2v) is 5.91. The van der Waals surface area contributed by atoms with E-state index in [2.05, 4.69) is 15.2 Å². The Kier molecular flexibility index (Phi) is 4.55. The van der Waals surface area contributed by atoms with E-state index < -0.39 is 53.0 Å². The van der Waals surface area contributed by atoms with Crippen LogP contribution in [0.15, 0.2) is 16.7 Å². The molecule has 1 amide bonds. The van der Waals surface area contributed by atoms with Gasteiger partial charge in [0.25, 0.3) is 11.8 Å². The van der Waals surface area contributed by atoms with Gasteiger partial charge in [0.2, 0.25) is 11.7 Å². The van der Waals surface area contributed by atoms with Crippen LogP contribution in [0.3, 0.4) is 0 Å². The van der Waals surface area contributed by atoms with Crippen molar-refractivity contribution in [3.05, 3.63) is 58.5 Å². The Morgan fingerprint density at radius 3 is 2.23 bits per heavy atom. The van der Waals surface area contributed by atoms with Gasteiger partial charge in [0.1, 0.15) is 5.69 Å². The van der Waals surface area contributed by atoms with Crippen molar-refractivity contribution in [3.63, 3.8) is 0 Å². The van der Waals surface area contributed by atoms with Gasteiger partial charge in [0, 0.05) is 6.20 Å². The molecule has 3 aromatic rings. The maximum atomic E-state index is 13.8. The van der Waals surface area contributed by atoms with Crippen molar-refractivity contribution in [2.24, 2.45) is 0 Å². The molecule has 30 heavy (non-hydrogen) atoms. The zero-order valence-corrected chi connectivity index (χ0v) is 14.2. The highest BCUT2D eigenvalue weighted by molar-refractivity contribution is 5.99. The van der Waals surface area contributed by atoms with E-state index in [0.717, 1.165) is 12.3 Å². The van der Waals surface area contributed by atoms with Crippen LogP contribution in [0.4, 0.5) is 36.4 Å². The van der Waals surface area contributed by atoms with Crippen molar-refractivity contribution in [2.75, 3.05) is 5.43 Å². The molecule has 0 atom stereocenters. The summed E-state index contributed by atoms with van der Waals surface area (Å²) in [4.78, 5) is 16.4. The van der Waals surface area contributed by atoms with Gasteiger partial charge in [0.15, 0.2) is 23.3 Å². The molecule has 156 valence electrons. The Bertz CT molecular complexity index is 1150. The second kappa shape index (κ2) is 6.96. The maximum absolute atomic E-state index is 13.8. The van der Waals surface area contributed by atoms with E-state index in [1.165, 1.54) is 0 Å². The molecule has 0 saturated heterocycles. The van der Waals surface area contributed by atoms with Crippen LogP contribution in [-0.4, -0.2) is 26.1 Å². The lowest BCUT2D eigenvalue weighted by Crippen LogP contribution is -2.31. The summed E-state index contributed by atoms with van der Waals surface area (Å²) in [6.07, 6.45) is -1.90. The molecule has 3 heterocycles. The second-order valence-electron chi connectivity index (χ2n) is 5.91. The predicted octanol–water partition coefficient (Wildman–Crippen LogP) is 3.75. The lowest BCUT2D eigenvalue weighted by atomic mass is 10.1. The average molecular weight is 433 g/mol. The van der Waals surface area contributed by atoms with Crippen molar-refractivity contribution in [1.29, 1.82) is 0 Å². The van der Waals surface area contributed by atoms with Crippen LogP contribution < -0.4 is 5.43 Å². The number of halogens is 7. The van der Waals surface area contributed by atoms with E-state index in [1.807, 2.05) is 5.43 Å². The number of benzene rings is 1. The summed E-state index contributed by atoms with van der Waals surface area (Å²) in [6, 6.07) is 1.15. The Hall–Kier alpha value is -3.71. The van der Waals surface area contributed by atoms with E-state index in [-0.39, 0.29) is 29.3 Å². The highest BCUT2D eigenvalue weighted by Crippen LogP contribution is 2.31. The van der Waals surface area contributed by atoms with Crippen molar-refractivity contribution in [3.8, 4) is 11.5 Å². The standard InChI is InChI=1S/C16H6F7N5O2/c17-7-8(18)10(20)12(11(21)9(7)19)27-28-3-6-5(16(28)29)1-4(2-24-6)14-25-26-15(30-14)13(22)23/h1-2,13,27H,3H2. The van der Waals surface area contributed by atoms with Crippen molar-refractivity contribution in [1.82, 2.24) is 20.2 Å². The summed E-state index contributed by atoms with van der Waals surface area (Å²) in [5.41, 5.74) is 0.372. The van der Waals surface area contributed by atoms with Crippen LogP contribution in [0.2, 0.25) is 0 Å². The average Bonchev–Trinajstić information content (AvgIpc) is 3.34. The highest BCUT2D eigenvalue weighted by atomic mass is 19.3. The van der Waals surface area contributed by atoms with Crippen molar-refractivity contribution >= 4 is 11.6 Å². The third kappa shape index (κ3) is 3.00. The van der Waals surface area contributed by atoms with Crippen LogP contribution in [0.25, 0.3) is 11.5 Å². The zero-order chi connectivity index (χ0) is 21.7. The van der Waals surface area contributed by atoms with Gasteiger partial charge in [-0.25, -0.2) is 27.0 Å². The van der Waals surface area contributed by atoms with Crippen molar-refractivity contribution in [2.45, 2.75) is 13.0 Å². The van der Waals surface area contributed by atoms with Crippen LogP contribution in [0, 0.1) is 29.1 Å². The third-order valence-electron chi connectivity index (χ3n) is 4.08. The van der Waals surface area contributed by atoms with E-state index in [9.17, 15) is 35.5 Å². The van der Waals surface area contributed by atoms with E-state index >= 15 is 0 Å². The fourth-order valence-corrected chi connectivity index (χ4v) is 2.66. The molecule has 1 N–H and O–H groups in total. The number of nitrogens with one attached hydrogen (secondary N) is 1. The van der Waals surface area contributed by atoms with Gasteiger partial charge >= 0.3 is 6.43 Å². The molecule has 0 saturated carbocycles. The lowest BCUT2D eigenvalue weighted by Gasteiger charge is -2.19. The first-order valence-corrected chi connectivity index (χ1v) is 7.89. The first-order valence-electron chi connectivity index (χ1n) is 7.89. The molecule has 0 fully saturated rings. The molecule has 0 aliphatic carbocycles. The number of carbonyl (C=O) groups is 1. The molecule has 7 nitrogen and oxygen atoms in total. The minimum absolute atomic E-state index is 0.000387. The number of hydrogen-bond acceptors (Lipinski definition) is 6. The molecule has 1 aromatic carbocycles.